The molecule has 6 nitrogen and oxygen atoms in total. The Kier molecular flexibility index (Phi) is 7.31. The van der Waals surface area contributed by atoms with Gasteiger partial charge in [0.05, 0.1) is 12.5 Å². The van der Waals surface area contributed by atoms with Gasteiger partial charge in [0.15, 0.2) is 11.5 Å². The maximum Gasteiger partial charge on any atom is 0.224 e. The quantitative estimate of drug-likeness (QED) is 0.519. The Labute approximate surface area is 206 Å². The first-order chi connectivity index (χ1) is 17.2. The number of carbonyl (C=O) groups excluding carboxylic acids is 1. The number of fused-ring (bicyclic) bond motifs is 1. The summed E-state index contributed by atoms with van der Waals surface area (Å²) in [6, 6.07) is 23.3. The molecule has 2 aliphatic heterocycles. The van der Waals surface area contributed by atoms with Gasteiger partial charge in [-0.25, -0.2) is 0 Å². The zero-order valence-corrected chi connectivity index (χ0v) is 19.9. The van der Waals surface area contributed by atoms with E-state index in [0.717, 1.165) is 42.6 Å². The second-order valence-electron chi connectivity index (χ2n) is 9.27. The van der Waals surface area contributed by atoms with Crippen LogP contribution in [0.2, 0.25) is 0 Å². The summed E-state index contributed by atoms with van der Waals surface area (Å²) < 4.78 is 11.3. The molecule has 0 bridgehead atoms. The molecule has 5 rings (SSSR count). The Balaban J connectivity index is 1.27. The van der Waals surface area contributed by atoms with E-state index in [1.54, 1.807) is 0 Å². The van der Waals surface area contributed by atoms with Crippen LogP contribution >= 0.6 is 0 Å². The lowest BCUT2D eigenvalue weighted by molar-refractivity contribution is -0.122. The first-order valence-electron chi connectivity index (χ1n) is 12.4. The van der Waals surface area contributed by atoms with Crippen molar-refractivity contribution in [2.24, 2.45) is 0 Å². The highest BCUT2D eigenvalue weighted by Gasteiger charge is 2.28. The largest absolute Gasteiger partial charge is 0.486 e. The summed E-state index contributed by atoms with van der Waals surface area (Å²) in [6.07, 6.45) is 1.71. The molecule has 6 heteroatoms. The van der Waals surface area contributed by atoms with Crippen LogP contribution in [0.3, 0.4) is 0 Å². The summed E-state index contributed by atoms with van der Waals surface area (Å²) in [5.74, 6) is 1.22. The van der Waals surface area contributed by atoms with Gasteiger partial charge >= 0.3 is 0 Å². The topological polar surface area (TPSA) is 71.0 Å². The highest BCUT2D eigenvalue weighted by molar-refractivity contribution is 5.79. The predicted octanol–water partition coefficient (Wildman–Crippen LogP) is 3.98. The Bertz CT molecular complexity index is 1130. The van der Waals surface area contributed by atoms with Crippen LogP contribution in [0.25, 0.3) is 11.1 Å². The monoisotopic (exact) mass is 472 g/mol. The van der Waals surface area contributed by atoms with E-state index < -0.39 is 12.1 Å². The minimum absolute atomic E-state index is 0.0988. The molecule has 1 amide bonds. The molecule has 2 atom stereocenters. The summed E-state index contributed by atoms with van der Waals surface area (Å²) in [4.78, 5) is 15.3. The number of likely N-dealkylation sites (tertiary alicyclic amines) is 1. The van der Waals surface area contributed by atoms with E-state index in [1.807, 2.05) is 60.7 Å². The van der Waals surface area contributed by atoms with Crippen LogP contribution in [-0.4, -0.2) is 54.8 Å². The maximum atomic E-state index is 13.0. The number of hydrogen-bond acceptors (Lipinski definition) is 5. The van der Waals surface area contributed by atoms with Crippen LogP contribution in [0.5, 0.6) is 11.5 Å². The smallest absolute Gasteiger partial charge is 0.224 e. The lowest BCUT2D eigenvalue weighted by atomic mass is 10.00. The van der Waals surface area contributed by atoms with Crippen LogP contribution < -0.4 is 14.8 Å². The normalized spacial score (nSPS) is 17.1. The maximum absolute atomic E-state index is 13.0. The van der Waals surface area contributed by atoms with Crippen LogP contribution in [-0.2, 0) is 11.2 Å². The average molecular weight is 473 g/mol. The summed E-state index contributed by atoms with van der Waals surface area (Å²) >= 11 is 0. The molecule has 3 aromatic carbocycles. The predicted molar refractivity (Wildman–Crippen MR) is 136 cm³/mol. The van der Waals surface area contributed by atoms with Gasteiger partial charge in [-0.1, -0.05) is 60.7 Å². The van der Waals surface area contributed by atoms with Crippen molar-refractivity contribution in [1.29, 1.82) is 0 Å². The highest BCUT2D eigenvalue weighted by atomic mass is 16.6. The van der Waals surface area contributed by atoms with Gasteiger partial charge in [0.2, 0.25) is 5.91 Å². The number of aliphatic hydroxyl groups is 1. The molecule has 0 radical (unpaired) electrons. The number of benzene rings is 3. The Morgan fingerprint density at radius 3 is 2.31 bits per heavy atom. The Morgan fingerprint density at radius 2 is 1.57 bits per heavy atom. The number of hydrogen-bond donors (Lipinski definition) is 2. The Morgan fingerprint density at radius 1 is 0.886 bits per heavy atom. The van der Waals surface area contributed by atoms with Crippen molar-refractivity contribution in [3.63, 3.8) is 0 Å². The lowest BCUT2D eigenvalue weighted by Gasteiger charge is -2.29. The molecule has 0 aliphatic carbocycles. The van der Waals surface area contributed by atoms with Crippen molar-refractivity contribution < 1.29 is 19.4 Å². The minimum Gasteiger partial charge on any atom is -0.486 e. The molecular weight excluding hydrogens is 440 g/mol. The van der Waals surface area contributed by atoms with E-state index in [-0.39, 0.29) is 12.3 Å². The second-order valence-corrected chi connectivity index (χ2v) is 9.27. The average Bonchev–Trinajstić information content (AvgIpc) is 3.42. The minimum atomic E-state index is -0.851. The number of rotatable bonds is 8. The van der Waals surface area contributed by atoms with E-state index in [0.29, 0.717) is 36.8 Å². The van der Waals surface area contributed by atoms with Crippen LogP contribution in [0.15, 0.2) is 72.8 Å². The molecule has 2 N–H and O–H groups in total. The molecule has 1 fully saturated rings. The van der Waals surface area contributed by atoms with Crippen molar-refractivity contribution in [1.82, 2.24) is 10.2 Å². The molecule has 35 heavy (non-hydrogen) atoms. The molecule has 0 aromatic heterocycles. The molecule has 3 aromatic rings. The van der Waals surface area contributed by atoms with Crippen molar-refractivity contribution in [2.75, 3.05) is 32.8 Å². The highest BCUT2D eigenvalue weighted by Crippen LogP contribution is 2.33. The molecule has 2 aliphatic rings. The molecule has 0 spiro atoms. The zero-order valence-electron chi connectivity index (χ0n) is 19.9. The van der Waals surface area contributed by atoms with Gasteiger partial charge in [0.1, 0.15) is 19.3 Å². The van der Waals surface area contributed by atoms with Crippen molar-refractivity contribution in [3.05, 3.63) is 83.9 Å². The van der Waals surface area contributed by atoms with Gasteiger partial charge in [-0.15, -0.1) is 0 Å². The van der Waals surface area contributed by atoms with Gasteiger partial charge < -0.3 is 24.8 Å². The molecule has 1 saturated heterocycles. The fraction of sp³-hybridized carbons (Fsp3) is 0.345. The Hall–Kier alpha value is -3.35. The van der Waals surface area contributed by atoms with Crippen LogP contribution in [0.1, 0.15) is 30.1 Å². The van der Waals surface area contributed by atoms with E-state index in [4.69, 9.17) is 9.47 Å². The summed E-state index contributed by atoms with van der Waals surface area (Å²) in [6.45, 7) is 3.59. The number of amides is 1. The second kappa shape index (κ2) is 10.9. The first kappa shape index (κ1) is 23.4. The van der Waals surface area contributed by atoms with Crippen molar-refractivity contribution >= 4 is 5.91 Å². The third-order valence-corrected chi connectivity index (χ3v) is 6.71. The van der Waals surface area contributed by atoms with Crippen LogP contribution in [0, 0.1) is 0 Å². The fourth-order valence-electron chi connectivity index (χ4n) is 4.83. The van der Waals surface area contributed by atoms with E-state index in [9.17, 15) is 9.90 Å². The molecule has 0 saturated carbocycles. The molecular formula is C29H32N2O4. The summed E-state index contributed by atoms with van der Waals surface area (Å²) in [5, 5.41) is 14.4. The molecule has 182 valence electrons. The van der Waals surface area contributed by atoms with Gasteiger partial charge in [0.25, 0.3) is 0 Å². The van der Waals surface area contributed by atoms with E-state index in [1.165, 1.54) is 0 Å². The summed E-state index contributed by atoms with van der Waals surface area (Å²) in [5.41, 5.74) is 3.93. The van der Waals surface area contributed by atoms with Gasteiger partial charge in [-0.05, 0) is 60.3 Å². The number of nitrogens with one attached hydrogen (secondary N) is 1. The van der Waals surface area contributed by atoms with Crippen molar-refractivity contribution in [3.8, 4) is 22.6 Å². The SMILES string of the molecule is O=C(Cc1ccc(-c2ccccc2)cc1)N[C@H](CN1CCCC1)[C@H](O)c1ccc2c(c1)OCCO2. The third-order valence-electron chi connectivity index (χ3n) is 6.71. The first-order valence-corrected chi connectivity index (χ1v) is 12.4. The number of ether oxygens (including phenoxy) is 2. The van der Waals surface area contributed by atoms with Crippen LogP contribution in [0.4, 0.5) is 0 Å². The molecule has 0 unspecified atom stereocenters. The zero-order chi connectivity index (χ0) is 24.0. The number of aliphatic hydroxyl groups excluding tert-OH is 1. The van der Waals surface area contributed by atoms with Gasteiger partial charge in [0, 0.05) is 6.54 Å². The fourth-order valence-corrected chi connectivity index (χ4v) is 4.83. The van der Waals surface area contributed by atoms with Gasteiger partial charge in [-0.3, -0.25) is 4.79 Å². The standard InChI is InChI=1S/C29H32N2O4/c32-28(18-21-8-10-23(11-9-21)22-6-2-1-3-7-22)30-25(20-31-14-4-5-15-31)29(33)24-12-13-26-27(19-24)35-17-16-34-26/h1-3,6-13,19,25,29,33H,4-5,14-18,20H2,(H,30,32)/t25-,29-/m1/s1. The molecule has 2 heterocycles. The summed E-state index contributed by atoms with van der Waals surface area (Å²) in [7, 11) is 0. The number of carbonyl (C=O) groups is 1. The number of nitrogens with zero attached hydrogens (tertiary/aromatic N) is 1. The van der Waals surface area contributed by atoms with Crippen molar-refractivity contribution in [2.45, 2.75) is 31.4 Å². The van der Waals surface area contributed by atoms with E-state index in [2.05, 4.69) is 22.3 Å². The third kappa shape index (κ3) is 5.84. The van der Waals surface area contributed by atoms with E-state index >= 15 is 0 Å². The lowest BCUT2D eigenvalue weighted by Crippen LogP contribution is -2.47. The van der Waals surface area contributed by atoms with Gasteiger partial charge in [-0.2, -0.15) is 0 Å².